The van der Waals surface area contributed by atoms with E-state index in [4.69, 9.17) is 0 Å². The second kappa shape index (κ2) is 4.23. The minimum atomic E-state index is -0.536. The van der Waals surface area contributed by atoms with Gasteiger partial charge in [-0.3, -0.25) is 4.79 Å². The van der Waals surface area contributed by atoms with Gasteiger partial charge in [-0.1, -0.05) is 32.1 Å². The molecule has 0 bridgehead atoms. The number of allylic oxidation sites excluding steroid dienone is 6. The van der Waals surface area contributed by atoms with Crippen LogP contribution in [-0.4, -0.2) is 16.5 Å². The summed E-state index contributed by atoms with van der Waals surface area (Å²) in [7, 11) is 0. The van der Waals surface area contributed by atoms with Gasteiger partial charge in [0.05, 0.1) is 5.60 Å². The molecule has 0 aromatic carbocycles. The Bertz CT molecular complexity index is 624. The van der Waals surface area contributed by atoms with E-state index in [1.165, 1.54) is 5.57 Å². The predicted octanol–water partition coefficient (Wildman–Crippen LogP) is 3.82. The van der Waals surface area contributed by atoms with Crippen LogP contribution in [0.15, 0.2) is 36.0 Å². The average Bonchev–Trinajstić information content (AvgIpc) is 2.70. The van der Waals surface area contributed by atoms with E-state index in [0.717, 1.165) is 25.7 Å². The molecule has 22 heavy (non-hydrogen) atoms. The van der Waals surface area contributed by atoms with E-state index in [9.17, 15) is 9.90 Å². The van der Waals surface area contributed by atoms with Gasteiger partial charge in [0.1, 0.15) is 0 Å². The summed E-state index contributed by atoms with van der Waals surface area (Å²) < 4.78 is 0. The second-order valence-electron chi connectivity index (χ2n) is 8.54. The second-order valence-corrected chi connectivity index (χ2v) is 8.54. The molecule has 0 amide bonds. The standard InChI is InChI=1S/C20H26O2/c1-18-9-6-14(21)12-13(18)4-5-15-16(18)7-10-19(2)17(15)8-11-20(19,3)22/h4-6,9,12,15-17,22H,7-8,10-11H2,1-3H3/t15-,16+,17+,18+,19+,20+/m1/s1. The van der Waals surface area contributed by atoms with E-state index < -0.39 is 5.60 Å². The summed E-state index contributed by atoms with van der Waals surface area (Å²) in [4.78, 5) is 11.7. The lowest BCUT2D eigenvalue weighted by Gasteiger charge is -2.56. The van der Waals surface area contributed by atoms with E-state index in [1.54, 1.807) is 6.08 Å². The van der Waals surface area contributed by atoms with Crippen LogP contribution in [0.1, 0.15) is 46.5 Å². The molecule has 2 fully saturated rings. The van der Waals surface area contributed by atoms with Gasteiger partial charge < -0.3 is 5.11 Å². The molecule has 0 unspecified atom stereocenters. The third kappa shape index (κ3) is 1.62. The van der Waals surface area contributed by atoms with Crippen LogP contribution in [0.5, 0.6) is 0 Å². The molecule has 0 radical (unpaired) electrons. The molecule has 2 heteroatoms. The van der Waals surface area contributed by atoms with Gasteiger partial charge >= 0.3 is 0 Å². The van der Waals surface area contributed by atoms with Crippen LogP contribution >= 0.6 is 0 Å². The molecule has 0 aromatic heterocycles. The van der Waals surface area contributed by atoms with Gasteiger partial charge in [0.25, 0.3) is 0 Å². The highest BCUT2D eigenvalue weighted by Crippen LogP contribution is 2.65. The zero-order chi connectivity index (χ0) is 15.8. The van der Waals surface area contributed by atoms with Gasteiger partial charge in [-0.15, -0.1) is 0 Å². The number of ketones is 1. The van der Waals surface area contributed by atoms with Crippen molar-refractivity contribution in [3.63, 3.8) is 0 Å². The molecule has 0 spiro atoms. The number of hydrogen-bond acceptors (Lipinski definition) is 2. The Balaban J connectivity index is 1.77. The van der Waals surface area contributed by atoms with Crippen molar-refractivity contribution >= 4 is 5.78 Å². The lowest BCUT2D eigenvalue weighted by atomic mass is 9.49. The molecule has 0 heterocycles. The normalized spacial score (nSPS) is 52.8. The van der Waals surface area contributed by atoms with Crippen molar-refractivity contribution < 1.29 is 9.90 Å². The molecule has 0 aromatic rings. The van der Waals surface area contributed by atoms with Gasteiger partial charge in [0.15, 0.2) is 5.78 Å². The van der Waals surface area contributed by atoms with Crippen LogP contribution in [0.4, 0.5) is 0 Å². The molecule has 0 saturated heterocycles. The van der Waals surface area contributed by atoms with Crippen molar-refractivity contribution in [2.24, 2.45) is 28.6 Å². The fourth-order valence-corrected chi connectivity index (χ4v) is 5.90. The van der Waals surface area contributed by atoms with Gasteiger partial charge in [0, 0.05) is 5.41 Å². The summed E-state index contributed by atoms with van der Waals surface area (Å²) in [6.45, 7) is 6.62. The lowest BCUT2D eigenvalue weighted by molar-refractivity contribution is -0.111. The Morgan fingerprint density at radius 3 is 2.59 bits per heavy atom. The largest absolute Gasteiger partial charge is 0.390 e. The first kappa shape index (κ1) is 14.4. The molecule has 118 valence electrons. The lowest BCUT2D eigenvalue weighted by Crippen LogP contribution is -2.52. The number of fused-ring (bicyclic) bond motifs is 5. The van der Waals surface area contributed by atoms with Crippen molar-refractivity contribution in [3.8, 4) is 0 Å². The summed E-state index contributed by atoms with van der Waals surface area (Å²) in [5.74, 6) is 1.75. The number of rotatable bonds is 0. The maximum atomic E-state index is 11.7. The minimum absolute atomic E-state index is 0.0108. The van der Waals surface area contributed by atoms with Crippen LogP contribution < -0.4 is 0 Å². The van der Waals surface area contributed by atoms with Gasteiger partial charge in [0.2, 0.25) is 0 Å². The topological polar surface area (TPSA) is 37.3 Å². The summed E-state index contributed by atoms with van der Waals surface area (Å²) in [6, 6.07) is 0. The van der Waals surface area contributed by atoms with Gasteiger partial charge in [-0.2, -0.15) is 0 Å². The summed E-state index contributed by atoms with van der Waals surface area (Å²) in [5, 5.41) is 10.9. The highest BCUT2D eigenvalue weighted by molar-refractivity contribution is 6.01. The Morgan fingerprint density at radius 2 is 1.82 bits per heavy atom. The Kier molecular flexibility index (Phi) is 2.77. The SMILES string of the molecule is C[C@]12C=CC(=O)C=C1C=C[C@@H]1[C@@H]2CC[C@@]2(C)[C@H]1CC[C@]2(C)O. The molecular weight excluding hydrogens is 272 g/mol. The van der Waals surface area contributed by atoms with Crippen molar-refractivity contribution in [3.05, 3.63) is 36.0 Å². The molecule has 4 aliphatic carbocycles. The summed E-state index contributed by atoms with van der Waals surface area (Å²) in [5.41, 5.74) is 0.661. The Hall–Kier alpha value is -1.15. The smallest absolute Gasteiger partial charge is 0.178 e. The maximum Gasteiger partial charge on any atom is 0.178 e. The molecule has 2 saturated carbocycles. The van der Waals surface area contributed by atoms with Crippen LogP contribution in [-0.2, 0) is 4.79 Å². The predicted molar refractivity (Wildman–Crippen MR) is 87.1 cm³/mol. The molecule has 4 aliphatic rings. The van der Waals surface area contributed by atoms with E-state index >= 15 is 0 Å². The molecule has 1 N–H and O–H groups in total. The van der Waals surface area contributed by atoms with E-state index in [0.29, 0.717) is 17.8 Å². The fourth-order valence-electron chi connectivity index (χ4n) is 5.90. The average molecular weight is 298 g/mol. The minimum Gasteiger partial charge on any atom is -0.390 e. The van der Waals surface area contributed by atoms with Gasteiger partial charge in [-0.05, 0) is 73.5 Å². The fraction of sp³-hybridized carbons (Fsp3) is 0.650. The third-order valence-corrected chi connectivity index (χ3v) is 7.68. The summed E-state index contributed by atoms with van der Waals surface area (Å²) >= 11 is 0. The molecule has 0 aliphatic heterocycles. The van der Waals surface area contributed by atoms with Crippen LogP contribution in [0.3, 0.4) is 0 Å². The monoisotopic (exact) mass is 298 g/mol. The third-order valence-electron chi connectivity index (χ3n) is 7.68. The Labute approximate surface area is 133 Å². The van der Waals surface area contributed by atoms with Crippen molar-refractivity contribution in [2.45, 2.75) is 52.1 Å². The summed E-state index contributed by atoms with van der Waals surface area (Å²) in [6.07, 6.45) is 14.5. The number of carbonyl (C=O) groups excluding carboxylic acids is 1. The quantitative estimate of drug-likeness (QED) is 0.738. The molecule has 2 nitrogen and oxygen atoms in total. The van der Waals surface area contributed by atoms with Crippen LogP contribution in [0, 0.1) is 28.6 Å². The highest BCUT2D eigenvalue weighted by atomic mass is 16.3. The molecule has 4 rings (SSSR count). The van der Waals surface area contributed by atoms with E-state index in [-0.39, 0.29) is 16.6 Å². The van der Waals surface area contributed by atoms with Gasteiger partial charge in [-0.25, -0.2) is 0 Å². The van der Waals surface area contributed by atoms with Crippen molar-refractivity contribution in [1.82, 2.24) is 0 Å². The number of carbonyl (C=O) groups is 1. The van der Waals surface area contributed by atoms with Crippen LogP contribution in [0.2, 0.25) is 0 Å². The van der Waals surface area contributed by atoms with E-state index in [2.05, 4.69) is 32.1 Å². The first-order valence-electron chi connectivity index (χ1n) is 8.64. The molecule has 6 atom stereocenters. The number of aliphatic hydroxyl groups is 1. The zero-order valence-corrected chi connectivity index (χ0v) is 13.8. The first-order chi connectivity index (χ1) is 10.3. The highest BCUT2D eigenvalue weighted by Gasteiger charge is 2.61. The zero-order valence-electron chi connectivity index (χ0n) is 13.8. The van der Waals surface area contributed by atoms with Crippen LogP contribution in [0.25, 0.3) is 0 Å². The number of hydrogen-bond donors (Lipinski definition) is 1. The first-order valence-corrected chi connectivity index (χ1v) is 8.64. The Morgan fingerprint density at radius 1 is 1.09 bits per heavy atom. The van der Waals surface area contributed by atoms with Crippen molar-refractivity contribution in [1.29, 1.82) is 0 Å². The van der Waals surface area contributed by atoms with E-state index in [1.807, 2.05) is 13.0 Å². The maximum absolute atomic E-state index is 11.7. The van der Waals surface area contributed by atoms with Crippen molar-refractivity contribution in [2.75, 3.05) is 0 Å². The molecular formula is C20H26O2.